The number of alkyl halides is 2. The Morgan fingerprint density at radius 3 is 2.75 bits per heavy atom. The number of carboxylic acid groups (broad SMARTS) is 1. The summed E-state index contributed by atoms with van der Waals surface area (Å²) in [5.74, 6) is -0.984. The molecular formula is C7H5Br2ClO2. The summed E-state index contributed by atoms with van der Waals surface area (Å²) in [5.41, 5.74) is 0.188. The molecule has 1 rings (SSSR count). The van der Waals surface area contributed by atoms with E-state index < -0.39 is 9.75 Å². The second-order valence-electron chi connectivity index (χ2n) is 2.38. The Kier molecular flexibility index (Phi) is 3.01. The average Bonchev–Trinajstić information content (AvgIpc) is 1.94. The third kappa shape index (κ3) is 2.34. The molecule has 1 N–H and O–H groups in total. The molecule has 0 amide bonds. The van der Waals surface area contributed by atoms with E-state index in [4.69, 9.17) is 16.7 Å². The third-order valence-corrected chi connectivity index (χ3v) is 2.96. The number of halogens is 3. The zero-order valence-corrected chi connectivity index (χ0v) is 9.78. The summed E-state index contributed by atoms with van der Waals surface area (Å²) in [4.78, 5) is 10.6. The van der Waals surface area contributed by atoms with Crippen LogP contribution in [0.1, 0.15) is 6.42 Å². The average molecular weight is 316 g/mol. The largest absolute Gasteiger partial charge is 0.478 e. The smallest absolute Gasteiger partial charge is 0.336 e. The number of rotatable bonds is 1. The molecule has 0 aromatic rings. The van der Waals surface area contributed by atoms with Gasteiger partial charge in [0, 0.05) is 4.48 Å². The Hall–Kier alpha value is 0.200. The molecule has 66 valence electrons. The van der Waals surface area contributed by atoms with Crippen LogP contribution in [0.2, 0.25) is 0 Å². The Bertz CT molecular complexity index is 281. The quantitative estimate of drug-likeness (QED) is 0.755. The van der Waals surface area contributed by atoms with Crippen LogP contribution < -0.4 is 0 Å². The van der Waals surface area contributed by atoms with Gasteiger partial charge in [-0.15, -0.1) is 11.6 Å². The number of hydrogen-bond donors (Lipinski definition) is 1. The normalized spacial score (nSPS) is 29.2. The zero-order chi connectivity index (χ0) is 9.35. The summed E-state index contributed by atoms with van der Waals surface area (Å²) >= 11 is 12.2. The number of carbonyl (C=O) groups is 1. The summed E-state index contributed by atoms with van der Waals surface area (Å²) < 4.78 is -0.177. The van der Waals surface area contributed by atoms with Crippen LogP contribution in [0.3, 0.4) is 0 Å². The molecule has 1 aliphatic rings. The maximum Gasteiger partial charge on any atom is 0.336 e. The van der Waals surface area contributed by atoms with E-state index in [1.807, 2.05) is 0 Å². The van der Waals surface area contributed by atoms with Crippen molar-refractivity contribution < 1.29 is 9.90 Å². The van der Waals surface area contributed by atoms with Crippen molar-refractivity contribution in [2.75, 3.05) is 0 Å². The molecule has 1 atom stereocenters. The Morgan fingerprint density at radius 1 is 1.75 bits per heavy atom. The first-order valence-corrected chi connectivity index (χ1v) is 5.09. The van der Waals surface area contributed by atoms with Crippen LogP contribution in [0.25, 0.3) is 0 Å². The van der Waals surface area contributed by atoms with Crippen molar-refractivity contribution in [3.63, 3.8) is 0 Å². The summed E-state index contributed by atoms with van der Waals surface area (Å²) in [5, 5.41) is 8.72. The lowest BCUT2D eigenvalue weighted by atomic mass is 10.1. The highest BCUT2D eigenvalue weighted by Crippen LogP contribution is 2.38. The molecule has 0 saturated carbocycles. The second-order valence-corrected chi connectivity index (χ2v) is 5.78. The lowest BCUT2D eigenvalue weighted by Gasteiger charge is -2.19. The minimum atomic E-state index is -0.984. The first-order chi connectivity index (χ1) is 5.42. The van der Waals surface area contributed by atoms with E-state index in [1.165, 1.54) is 6.08 Å². The number of carboxylic acids is 1. The minimum absolute atomic E-state index is 0.188. The Balaban J connectivity index is 3.02. The van der Waals surface area contributed by atoms with Crippen LogP contribution in [0.4, 0.5) is 0 Å². The highest BCUT2D eigenvalue weighted by atomic mass is 79.9. The third-order valence-electron chi connectivity index (χ3n) is 1.40. The van der Waals surface area contributed by atoms with Gasteiger partial charge in [-0.2, -0.15) is 0 Å². The fraction of sp³-hybridized carbons (Fsp3) is 0.286. The van der Waals surface area contributed by atoms with Gasteiger partial charge in [-0.05, 0) is 12.5 Å². The minimum Gasteiger partial charge on any atom is -0.478 e. The molecule has 5 heteroatoms. The van der Waals surface area contributed by atoms with Crippen molar-refractivity contribution in [1.29, 1.82) is 0 Å². The van der Waals surface area contributed by atoms with Gasteiger partial charge in [0.15, 0.2) is 0 Å². The van der Waals surface area contributed by atoms with Crippen LogP contribution in [-0.2, 0) is 4.79 Å². The first-order valence-electron chi connectivity index (χ1n) is 3.12. The fourth-order valence-electron chi connectivity index (χ4n) is 0.839. The van der Waals surface area contributed by atoms with E-state index in [1.54, 1.807) is 6.08 Å². The van der Waals surface area contributed by atoms with Crippen molar-refractivity contribution in [3.05, 3.63) is 22.2 Å². The van der Waals surface area contributed by atoms with Gasteiger partial charge in [0.2, 0.25) is 0 Å². The topological polar surface area (TPSA) is 37.3 Å². The number of aliphatic carboxylic acids is 1. The molecule has 12 heavy (non-hydrogen) atoms. The van der Waals surface area contributed by atoms with E-state index in [-0.39, 0.29) is 5.57 Å². The molecule has 0 aromatic carbocycles. The van der Waals surface area contributed by atoms with E-state index in [0.717, 1.165) is 0 Å². The lowest BCUT2D eigenvalue weighted by Crippen LogP contribution is -2.15. The van der Waals surface area contributed by atoms with Crippen LogP contribution in [0, 0.1) is 0 Å². The van der Waals surface area contributed by atoms with Gasteiger partial charge < -0.3 is 5.11 Å². The number of hydrogen-bond acceptors (Lipinski definition) is 1. The monoisotopic (exact) mass is 314 g/mol. The summed E-state index contributed by atoms with van der Waals surface area (Å²) in [6.45, 7) is 0. The van der Waals surface area contributed by atoms with Gasteiger partial charge in [-0.1, -0.05) is 37.9 Å². The van der Waals surface area contributed by atoms with Gasteiger partial charge in [-0.25, -0.2) is 4.79 Å². The molecule has 1 aliphatic carbocycles. The summed E-state index contributed by atoms with van der Waals surface area (Å²) in [6, 6.07) is 0. The SMILES string of the molecule is O=C(O)C1=CC(Cl)(Br)CC=C1Br. The molecule has 2 nitrogen and oxygen atoms in total. The van der Waals surface area contributed by atoms with Crippen molar-refractivity contribution >= 4 is 49.4 Å². The molecule has 0 spiro atoms. The maximum atomic E-state index is 10.6. The summed E-state index contributed by atoms with van der Waals surface area (Å²) in [7, 11) is 0. The standard InChI is InChI=1S/C7H5Br2ClO2/c8-5-1-2-7(9,10)3-4(5)6(11)12/h1,3H,2H2,(H,11,12). The van der Waals surface area contributed by atoms with Crippen molar-refractivity contribution in [2.45, 2.75) is 10.2 Å². The Morgan fingerprint density at radius 2 is 2.33 bits per heavy atom. The Labute approximate surface area is 91.5 Å². The van der Waals surface area contributed by atoms with Gasteiger partial charge in [0.25, 0.3) is 0 Å². The second kappa shape index (κ2) is 3.52. The van der Waals surface area contributed by atoms with Gasteiger partial charge in [0.1, 0.15) is 3.78 Å². The van der Waals surface area contributed by atoms with E-state index >= 15 is 0 Å². The predicted octanol–water partition coefficient (Wildman–Crippen LogP) is 3.01. The summed E-state index contributed by atoms with van der Waals surface area (Å²) in [6.07, 6.45) is 3.76. The van der Waals surface area contributed by atoms with Gasteiger partial charge in [0.05, 0.1) is 5.57 Å². The van der Waals surface area contributed by atoms with Crippen molar-refractivity contribution in [1.82, 2.24) is 0 Å². The molecular weight excluding hydrogens is 311 g/mol. The molecule has 0 fully saturated rings. The van der Waals surface area contributed by atoms with E-state index in [0.29, 0.717) is 10.9 Å². The highest BCUT2D eigenvalue weighted by molar-refractivity contribution is 9.12. The predicted molar refractivity (Wildman–Crippen MR) is 54.9 cm³/mol. The van der Waals surface area contributed by atoms with Crippen molar-refractivity contribution in [2.24, 2.45) is 0 Å². The van der Waals surface area contributed by atoms with Crippen LogP contribution in [0.15, 0.2) is 22.2 Å². The molecule has 1 unspecified atom stereocenters. The molecule has 0 radical (unpaired) electrons. The number of allylic oxidation sites excluding steroid dienone is 2. The molecule has 0 heterocycles. The fourth-order valence-corrected chi connectivity index (χ4v) is 1.86. The lowest BCUT2D eigenvalue weighted by molar-refractivity contribution is -0.132. The molecule has 0 saturated heterocycles. The van der Waals surface area contributed by atoms with Crippen LogP contribution in [0.5, 0.6) is 0 Å². The van der Waals surface area contributed by atoms with Crippen LogP contribution >= 0.6 is 43.5 Å². The molecule has 0 aliphatic heterocycles. The van der Waals surface area contributed by atoms with Gasteiger partial charge >= 0.3 is 5.97 Å². The molecule has 0 bridgehead atoms. The van der Waals surface area contributed by atoms with Crippen molar-refractivity contribution in [3.8, 4) is 0 Å². The zero-order valence-electron chi connectivity index (χ0n) is 5.85. The maximum absolute atomic E-state index is 10.6. The van der Waals surface area contributed by atoms with E-state index in [9.17, 15) is 4.79 Å². The van der Waals surface area contributed by atoms with E-state index in [2.05, 4.69) is 31.9 Å². The molecule has 0 aromatic heterocycles. The first kappa shape index (κ1) is 10.3. The van der Waals surface area contributed by atoms with Gasteiger partial charge in [-0.3, -0.25) is 0 Å². The highest BCUT2D eigenvalue weighted by Gasteiger charge is 2.27. The van der Waals surface area contributed by atoms with Crippen LogP contribution in [-0.4, -0.2) is 14.9 Å².